The van der Waals surface area contributed by atoms with Gasteiger partial charge in [0.05, 0.1) is 10.6 Å². The van der Waals surface area contributed by atoms with Crippen LogP contribution in [0.2, 0.25) is 0 Å². The van der Waals surface area contributed by atoms with Crippen molar-refractivity contribution in [2.75, 3.05) is 5.32 Å². The van der Waals surface area contributed by atoms with Gasteiger partial charge in [-0.2, -0.15) is 5.10 Å². The molecule has 2 aromatic heterocycles. The molecule has 1 N–H and O–H groups in total. The Morgan fingerprint density at radius 1 is 1.18 bits per heavy atom. The van der Waals surface area contributed by atoms with Crippen molar-refractivity contribution in [1.29, 1.82) is 0 Å². The Hall–Kier alpha value is -3.82. The van der Waals surface area contributed by atoms with E-state index < -0.39 is 22.9 Å². The number of nitrogens with zero attached hydrogens (tertiary/aromatic N) is 5. The molecule has 0 bridgehead atoms. The first kappa shape index (κ1) is 19.0. The van der Waals surface area contributed by atoms with E-state index in [1.165, 1.54) is 24.3 Å². The zero-order valence-corrected chi connectivity index (χ0v) is 15.5. The van der Waals surface area contributed by atoms with Crippen LogP contribution in [0.5, 0.6) is 0 Å². The van der Waals surface area contributed by atoms with Crippen LogP contribution in [0.3, 0.4) is 0 Å². The molecule has 0 aliphatic heterocycles. The van der Waals surface area contributed by atoms with Gasteiger partial charge in [-0.05, 0) is 38.5 Å². The monoisotopic (exact) mass is 382 g/mol. The lowest BCUT2D eigenvalue weighted by Gasteiger charge is -2.10. The van der Waals surface area contributed by atoms with Gasteiger partial charge in [-0.15, -0.1) is 5.10 Å². The highest BCUT2D eigenvalue weighted by atomic mass is 16.6. The average Bonchev–Trinajstić information content (AvgIpc) is 2.96. The molecule has 0 aliphatic rings. The van der Waals surface area contributed by atoms with Crippen molar-refractivity contribution >= 4 is 17.3 Å². The minimum atomic E-state index is -0.600. The average molecular weight is 382 g/mol. The zero-order chi connectivity index (χ0) is 20.4. The van der Waals surface area contributed by atoms with Crippen LogP contribution < -0.4 is 10.9 Å². The van der Waals surface area contributed by atoms with E-state index in [1.54, 1.807) is 17.7 Å². The van der Waals surface area contributed by atoms with Crippen LogP contribution in [0, 0.1) is 30.9 Å². The summed E-state index contributed by atoms with van der Waals surface area (Å²) in [5, 5.41) is 22.2. The van der Waals surface area contributed by atoms with E-state index in [1.807, 2.05) is 19.9 Å². The fourth-order valence-corrected chi connectivity index (χ4v) is 2.81. The Bertz CT molecular complexity index is 1130. The molecule has 0 atom stereocenters. The Kier molecular flexibility index (Phi) is 5.03. The van der Waals surface area contributed by atoms with Gasteiger partial charge >= 0.3 is 0 Å². The molecule has 1 amide bonds. The summed E-state index contributed by atoms with van der Waals surface area (Å²) in [6.07, 6.45) is 0. The van der Waals surface area contributed by atoms with Gasteiger partial charge in [0.25, 0.3) is 11.2 Å². The van der Waals surface area contributed by atoms with E-state index in [9.17, 15) is 19.7 Å². The first-order chi connectivity index (χ1) is 13.3. The maximum atomic E-state index is 12.4. The van der Waals surface area contributed by atoms with Crippen molar-refractivity contribution in [3.63, 3.8) is 0 Å². The molecular formula is C18H18N6O4. The predicted molar refractivity (Wildman–Crippen MR) is 102 cm³/mol. The van der Waals surface area contributed by atoms with E-state index in [0.29, 0.717) is 11.4 Å². The summed E-state index contributed by atoms with van der Waals surface area (Å²) in [6.45, 7) is 4.94. The van der Waals surface area contributed by atoms with Crippen molar-refractivity contribution in [2.45, 2.75) is 27.3 Å². The zero-order valence-electron chi connectivity index (χ0n) is 15.5. The number of amides is 1. The molecule has 0 saturated heterocycles. The summed E-state index contributed by atoms with van der Waals surface area (Å²) in [5.74, 6) is -0.211. The van der Waals surface area contributed by atoms with Crippen LogP contribution in [-0.4, -0.2) is 30.4 Å². The van der Waals surface area contributed by atoms with Gasteiger partial charge in [-0.1, -0.05) is 12.1 Å². The molecule has 0 saturated carbocycles. The van der Waals surface area contributed by atoms with Crippen molar-refractivity contribution < 1.29 is 9.72 Å². The molecule has 10 nitrogen and oxygen atoms in total. The molecule has 0 aliphatic carbocycles. The highest BCUT2D eigenvalue weighted by Crippen LogP contribution is 2.27. The molecule has 0 spiro atoms. The molecule has 0 fully saturated rings. The van der Waals surface area contributed by atoms with Gasteiger partial charge in [-0.25, -0.2) is 9.36 Å². The van der Waals surface area contributed by atoms with Crippen LogP contribution >= 0.6 is 0 Å². The number of nitro benzene ring substituents is 1. The third kappa shape index (κ3) is 3.80. The van der Waals surface area contributed by atoms with Crippen LogP contribution in [0.4, 0.5) is 11.4 Å². The minimum Gasteiger partial charge on any atom is -0.319 e. The van der Waals surface area contributed by atoms with E-state index in [2.05, 4.69) is 15.5 Å². The van der Waals surface area contributed by atoms with Gasteiger partial charge in [0.2, 0.25) is 5.91 Å². The molecule has 10 heteroatoms. The summed E-state index contributed by atoms with van der Waals surface area (Å²) in [7, 11) is 0. The number of aryl methyl sites for hydroxylation is 3. The van der Waals surface area contributed by atoms with E-state index in [0.717, 1.165) is 16.1 Å². The molecule has 28 heavy (non-hydrogen) atoms. The number of carbonyl (C=O) groups excluding carboxylic acids is 1. The SMILES string of the molecule is Cc1cc(C)n(-c2ccc(=O)n(CC(=O)Nc3c(C)cccc3[N+](=O)[O-])n2)n1. The number of aromatic nitrogens is 4. The predicted octanol–water partition coefficient (Wildman–Crippen LogP) is 1.90. The second kappa shape index (κ2) is 7.43. The molecule has 0 radical (unpaired) electrons. The highest BCUT2D eigenvalue weighted by Gasteiger charge is 2.18. The summed E-state index contributed by atoms with van der Waals surface area (Å²) >= 11 is 0. The smallest absolute Gasteiger partial charge is 0.293 e. The molecule has 3 rings (SSSR count). The number of rotatable bonds is 5. The fourth-order valence-electron chi connectivity index (χ4n) is 2.81. The summed E-state index contributed by atoms with van der Waals surface area (Å²) in [5.41, 5.74) is 1.57. The Morgan fingerprint density at radius 3 is 2.57 bits per heavy atom. The van der Waals surface area contributed by atoms with Crippen molar-refractivity contribution in [2.24, 2.45) is 0 Å². The van der Waals surface area contributed by atoms with Crippen LogP contribution in [0.25, 0.3) is 5.82 Å². The Balaban J connectivity index is 1.88. The second-order valence-corrected chi connectivity index (χ2v) is 6.30. The lowest BCUT2D eigenvalue weighted by molar-refractivity contribution is -0.384. The van der Waals surface area contributed by atoms with Gasteiger partial charge in [0, 0.05) is 17.8 Å². The number of benzene rings is 1. The van der Waals surface area contributed by atoms with E-state index in [4.69, 9.17) is 0 Å². The number of para-hydroxylation sites is 1. The van der Waals surface area contributed by atoms with Crippen LogP contribution in [-0.2, 0) is 11.3 Å². The van der Waals surface area contributed by atoms with Gasteiger partial charge in [0.1, 0.15) is 12.2 Å². The third-order valence-corrected chi connectivity index (χ3v) is 4.08. The number of hydrogen-bond donors (Lipinski definition) is 1. The van der Waals surface area contributed by atoms with Gasteiger partial charge < -0.3 is 5.32 Å². The molecule has 0 unspecified atom stereocenters. The maximum absolute atomic E-state index is 12.4. The first-order valence-corrected chi connectivity index (χ1v) is 8.42. The van der Waals surface area contributed by atoms with Crippen molar-refractivity contribution in [3.05, 3.63) is 73.8 Å². The quantitative estimate of drug-likeness (QED) is 0.531. The number of nitrogens with one attached hydrogen (secondary N) is 1. The van der Waals surface area contributed by atoms with Crippen LogP contribution in [0.15, 0.2) is 41.2 Å². The standard InChI is InChI=1S/C18H18N6O4/c1-11-5-4-6-14(24(27)28)18(11)19-16(25)10-22-17(26)8-7-15(21-22)23-13(3)9-12(2)20-23/h4-9H,10H2,1-3H3,(H,19,25). The maximum Gasteiger partial charge on any atom is 0.293 e. The van der Waals surface area contributed by atoms with Crippen LogP contribution in [0.1, 0.15) is 17.0 Å². The summed E-state index contributed by atoms with van der Waals surface area (Å²) < 4.78 is 2.56. The lowest BCUT2D eigenvalue weighted by Crippen LogP contribution is -2.30. The van der Waals surface area contributed by atoms with Crippen molar-refractivity contribution in [3.8, 4) is 5.82 Å². The largest absolute Gasteiger partial charge is 0.319 e. The van der Waals surface area contributed by atoms with Gasteiger partial charge in [0.15, 0.2) is 5.82 Å². The molecule has 3 aromatic rings. The minimum absolute atomic E-state index is 0.0975. The third-order valence-electron chi connectivity index (χ3n) is 4.08. The first-order valence-electron chi connectivity index (χ1n) is 8.42. The second-order valence-electron chi connectivity index (χ2n) is 6.30. The number of hydrogen-bond acceptors (Lipinski definition) is 6. The van der Waals surface area contributed by atoms with Gasteiger partial charge in [-0.3, -0.25) is 19.7 Å². The Morgan fingerprint density at radius 2 is 1.93 bits per heavy atom. The number of anilines is 1. The topological polar surface area (TPSA) is 125 Å². The highest BCUT2D eigenvalue weighted by molar-refractivity contribution is 5.93. The number of nitro groups is 1. The number of carbonyl (C=O) groups is 1. The molecule has 1 aromatic carbocycles. The molecular weight excluding hydrogens is 364 g/mol. The normalized spacial score (nSPS) is 10.7. The fraction of sp³-hybridized carbons (Fsp3) is 0.222. The lowest BCUT2D eigenvalue weighted by atomic mass is 10.1. The summed E-state index contributed by atoms with van der Waals surface area (Å²) in [6, 6.07) is 9.16. The van der Waals surface area contributed by atoms with E-state index in [-0.39, 0.29) is 11.4 Å². The molecule has 2 heterocycles. The summed E-state index contributed by atoms with van der Waals surface area (Å²) in [4.78, 5) is 35.1. The van der Waals surface area contributed by atoms with E-state index >= 15 is 0 Å². The molecule has 144 valence electrons. The Labute approximate surface area is 159 Å². The van der Waals surface area contributed by atoms with Crippen molar-refractivity contribution in [1.82, 2.24) is 19.6 Å².